The molecule has 3 aromatic heterocycles. The van der Waals surface area contributed by atoms with Crippen LogP contribution in [0, 0.1) is 13.8 Å². The molecular weight excluding hydrogens is 310 g/mol. The number of carbonyl (C=O) groups is 1. The molecule has 122 valence electrons. The number of fused-ring (bicyclic) bond motifs is 1. The fourth-order valence-corrected chi connectivity index (χ4v) is 3.45. The summed E-state index contributed by atoms with van der Waals surface area (Å²) < 4.78 is 3.88. The highest BCUT2D eigenvalue weighted by molar-refractivity contribution is 7.15. The number of carbonyl (C=O) groups excluding carboxylic acids is 1. The van der Waals surface area contributed by atoms with Gasteiger partial charge >= 0.3 is 0 Å². The van der Waals surface area contributed by atoms with Crippen molar-refractivity contribution in [3.8, 4) is 0 Å². The van der Waals surface area contributed by atoms with Gasteiger partial charge in [-0.15, -0.1) is 11.3 Å². The van der Waals surface area contributed by atoms with E-state index in [1.807, 2.05) is 47.8 Å². The Morgan fingerprint density at radius 2 is 2.17 bits per heavy atom. The predicted octanol–water partition coefficient (Wildman–Crippen LogP) is 2.04. The van der Waals surface area contributed by atoms with E-state index >= 15 is 0 Å². The Balaban J connectivity index is 1.45. The molecule has 0 unspecified atom stereocenters. The minimum absolute atomic E-state index is 0.0775. The lowest BCUT2D eigenvalue weighted by molar-refractivity contribution is -0.121. The van der Waals surface area contributed by atoms with Crippen molar-refractivity contribution in [2.45, 2.75) is 33.1 Å². The van der Waals surface area contributed by atoms with Gasteiger partial charge in [-0.05, 0) is 25.8 Å². The van der Waals surface area contributed by atoms with Crippen LogP contribution in [0.5, 0.6) is 0 Å². The Kier molecular flexibility index (Phi) is 4.47. The summed E-state index contributed by atoms with van der Waals surface area (Å²) >= 11 is 1.61. The molecule has 0 aromatic carbocycles. The molecule has 7 heteroatoms. The first-order chi connectivity index (χ1) is 11.0. The molecule has 0 bridgehead atoms. The summed E-state index contributed by atoms with van der Waals surface area (Å²) in [6, 6.07) is 0. The van der Waals surface area contributed by atoms with Crippen LogP contribution in [0.25, 0.3) is 4.96 Å². The second-order valence-corrected chi connectivity index (χ2v) is 6.57. The monoisotopic (exact) mass is 331 g/mol. The number of hydrogen-bond donors (Lipinski definition) is 1. The van der Waals surface area contributed by atoms with Crippen LogP contribution in [-0.2, 0) is 24.7 Å². The number of aryl methyl sites for hydroxylation is 2. The van der Waals surface area contributed by atoms with Gasteiger partial charge in [0.15, 0.2) is 4.96 Å². The van der Waals surface area contributed by atoms with Crippen molar-refractivity contribution in [2.24, 2.45) is 7.05 Å². The second kappa shape index (κ2) is 6.54. The highest BCUT2D eigenvalue weighted by Crippen LogP contribution is 2.14. The van der Waals surface area contributed by atoms with Crippen LogP contribution in [0.2, 0.25) is 0 Å². The highest BCUT2D eigenvalue weighted by atomic mass is 32.1. The van der Waals surface area contributed by atoms with Gasteiger partial charge in [0.1, 0.15) is 0 Å². The van der Waals surface area contributed by atoms with Gasteiger partial charge in [-0.2, -0.15) is 5.10 Å². The number of imidazole rings is 1. The minimum Gasteiger partial charge on any atom is -0.356 e. The van der Waals surface area contributed by atoms with Crippen LogP contribution < -0.4 is 5.32 Å². The Morgan fingerprint density at radius 1 is 1.35 bits per heavy atom. The summed E-state index contributed by atoms with van der Waals surface area (Å²) in [6.07, 6.45) is 5.99. The number of nitrogens with one attached hydrogen (secondary N) is 1. The Hall–Kier alpha value is -2.15. The molecule has 0 atom stereocenters. The van der Waals surface area contributed by atoms with Crippen molar-refractivity contribution in [1.82, 2.24) is 24.5 Å². The van der Waals surface area contributed by atoms with Crippen LogP contribution in [-0.4, -0.2) is 31.6 Å². The quantitative estimate of drug-likeness (QED) is 0.752. The van der Waals surface area contributed by atoms with Crippen molar-refractivity contribution in [1.29, 1.82) is 0 Å². The molecule has 0 fully saturated rings. The molecule has 0 radical (unpaired) electrons. The lowest BCUT2D eigenvalue weighted by Crippen LogP contribution is -2.26. The van der Waals surface area contributed by atoms with Gasteiger partial charge in [0, 0.05) is 49.9 Å². The van der Waals surface area contributed by atoms with Crippen LogP contribution in [0.3, 0.4) is 0 Å². The molecule has 0 aliphatic rings. The van der Waals surface area contributed by atoms with Gasteiger partial charge in [0.2, 0.25) is 5.91 Å². The normalized spacial score (nSPS) is 11.3. The third-order valence-electron chi connectivity index (χ3n) is 4.11. The van der Waals surface area contributed by atoms with Gasteiger partial charge in [0.05, 0.1) is 11.4 Å². The van der Waals surface area contributed by atoms with E-state index in [-0.39, 0.29) is 5.91 Å². The smallest absolute Gasteiger partial charge is 0.220 e. The average molecular weight is 331 g/mol. The van der Waals surface area contributed by atoms with Crippen molar-refractivity contribution in [3.63, 3.8) is 0 Å². The molecule has 0 aliphatic carbocycles. The fraction of sp³-hybridized carbons (Fsp3) is 0.438. The third-order valence-corrected chi connectivity index (χ3v) is 4.88. The number of thiazole rings is 1. The molecule has 3 rings (SSSR count). The number of hydrogen-bond acceptors (Lipinski definition) is 4. The summed E-state index contributed by atoms with van der Waals surface area (Å²) in [4.78, 5) is 17.5. The third kappa shape index (κ3) is 3.44. The maximum atomic E-state index is 12.0. The predicted molar refractivity (Wildman–Crippen MR) is 90.8 cm³/mol. The van der Waals surface area contributed by atoms with Gasteiger partial charge in [-0.1, -0.05) is 0 Å². The van der Waals surface area contributed by atoms with Crippen LogP contribution >= 0.6 is 11.3 Å². The Bertz CT molecular complexity index is 800. The lowest BCUT2D eigenvalue weighted by atomic mass is 10.1. The van der Waals surface area contributed by atoms with Crippen LogP contribution in [0.4, 0.5) is 0 Å². The molecule has 6 nitrogen and oxygen atoms in total. The van der Waals surface area contributed by atoms with E-state index in [1.165, 1.54) is 5.56 Å². The molecule has 1 N–H and O–H groups in total. The SMILES string of the molecule is Cc1nn(C)c(C)c1CCC(=O)NCCc1cn2ccsc2n1. The van der Waals surface area contributed by atoms with Crippen LogP contribution in [0.1, 0.15) is 29.1 Å². The Morgan fingerprint density at radius 3 is 2.87 bits per heavy atom. The summed E-state index contributed by atoms with van der Waals surface area (Å²) in [5, 5.41) is 9.36. The number of rotatable bonds is 6. The maximum Gasteiger partial charge on any atom is 0.220 e. The highest BCUT2D eigenvalue weighted by Gasteiger charge is 2.11. The van der Waals surface area contributed by atoms with E-state index in [0.717, 1.165) is 34.9 Å². The van der Waals surface area contributed by atoms with Crippen LogP contribution in [0.15, 0.2) is 17.8 Å². The maximum absolute atomic E-state index is 12.0. The van der Waals surface area contributed by atoms with E-state index in [4.69, 9.17) is 0 Å². The van der Waals surface area contributed by atoms with Gasteiger partial charge in [0.25, 0.3) is 0 Å². The number of amides is 1. The summed E-state index contributed by atoms with van der Waals surface area (Å²) in [5.41, 5.74) is 4.33. The molecule has 0 saturated carbocycles. The molecule has 3 heterocycles. The molecular formula is C16H21N5OS. The standard InChI is InChI=1S/C16H21N5OS/c1-11-14(12(2)20(3)19-11)4-5-15(22)17-7-6-13-10-21-8-9-23-16(21)18-13/h8-10H,4-7H2,1-3H3,(H,17,22). The zero-order valence-electron chi connectivity index (χ0n) is 13.7. The summed E-state index contributed by atoms with van der Waals surface area (Å²) in [5.74, 6) is 0.0775. The molecule has 0 saturated heterocycles. The van der Waals surface area contributed by atoms with Gasteiger partial charge < -0.3 is 5.32 Å². The van der Waals surface area contributed by atoms with Crippen molar-refractivity contribution >= 4 is 22.2 Å². The molecule has 0 aliphatic heterocycles. The van der Waals surface area contributed by atoms with E-state index in [0.29, 0.717) is 13.0 Å². The van der Waals surface area contributed by atoms with Crippen molar-refractivity contribution in [2.75, 3.05) is 6.54 Å². The zero-order valence-corrected chi connectivity index (χ0v) is 14.5. The largest absolute Gasteiger partial charge is 0.356 e. The molecule has 3 aromatic rings. The summed E-state index contributed by atoms with van der Waals surface area (Å²) in [6.45, 7) is 4.65. The lowest BCUT2D eigenvalue weighted by Gasteiger charge is -2.05. The van der Waals surface area contributed by atoms with E-state index < -0.39 is 0 Å². The molecule has 1 amide bonds. The molecule has 23 heavy (non-hydrogen) atoms. The van der Waals surface area contributed by atoms with Gasteiger partial charge in [-0.25, -0.2) is 4.98 Å². The summed E-state index contributed by atoms with van der Waals surface area (Å²) in [7, 11) is 1.93. The average Bonchev–Trinajstić information content (AvgIpc) is 3.13. The minimum atomic E-state index is 0.0775. The van der Waals surface area contributed by atoms with E-state index in [1.54, 1.807) is 11.3 Å². The van der Waals surface area contributed by atoms with Crippen molar-refractivity contribution in [3.05, 3.63) is 40.4 Å². The fourth-order valence-electron chi connectivity index (χ4n) is 2.73. The Labute approximate surface area is 139 Å². The molecule has 0 spiro atoms. The topological polar surface area (TPSA) is 64.2 Å². The number of aromatic nitrogens is 4. The first kappa shape index (κ1) is 15.7. The number of nitrogens with zero attached hydrogens (tertiary/aromatic N) is 4. The van der Waals surface area contributed by atoms with Crippen molar-refractivity contribution < 1.29 is 4.79 Å². The van der Waals surface area contributed by atoms with Gasteiger partial charge in [-0.3, -0.25) is 13.9 Å². The van der Waals surface area contributed by atoms with E-state index in [9.17, 15) is 4.79 Å². The zero-order chi connectivity index (χ0) is 16.4. The first-order valence-electron chi connectivity index (χ1n) is 7.71. The second-order valence-electron chi connectivity index (χ2n) is 5.70. The van der Waals surface area contributed by atoms with E-state index in [2.05, 4.69) is 15.4 Å². The first-order valence-corrected chi connectivity index (χ1v) is 8.59.